The summed E-state index contributed by atoms with van der Waals surface area (Å²) in [6, 6.07) is 0. The molecule has 0 aromatic rings. The third-order valence-corrected chi connectivity index (χ3v) is 4.12. The summed E-state index contributed by atoms with van der Waals surface area (Å²) in [5, 5.41) is 8.69. The number of carboxylic acids is 1. The molecule has 18 heavy (non-hydrogen) atoms. The van der Waals surface area contributed by atoms with Crippen LogP contribution in [0.1, 0.15) is 51.4 Å². The Hall–Kier alpha value is -0.710. The van der Waals surface area contributed by atoms with E-state index in [9.17, 15) is 9.59 Å². The highest BCUT2D eigenvalue weighted by Gasteiger charge is 2.15. The number of hydrogen-bond donors (Lipinski definition) is 1. The van der Waals surface area contributed by atoms with Crippen molar-refractivity contribution in [2.45, 2.75) is 51.4 Å². The minimum atomic E-state index is -0.733. The minimum absolute atomic E-state index is 0.204. The highest BCUT2D eigenvalue weighted by molar-refractivity contribution is 8.13. The van der Waals surface area contributed by atoms with Crippen molar-refractivity contribution in [3.63, 3.8) is 0 Å². The molecule has 0 aromatic carbocycles. The number of hydrogen-bond acceptors (Lipinski definition) is 3. The van der Waals surface area contributed by atoms with Gasteiger partial charge in [-0.05, 0) is 25.7 Å². The van der Waals surface area contributed by atoms with Gasteiger partial charge in [-0.15, -0.1) is 0 Å². The SMILES string of the molecule is O=C(O)CCCCCSC(=O)N1CCCCCC1. The third kappa shape index (κ3) is 6.89. The van der Waals surface area contributed by atoms with Gasteiger partial charge in [-0.25, -0.2) is 0 Å². The van der Waals surface area contributed by atoms with Crippen LogP contribution in [0.3, 0.4) is 0 Å². The first-order valence-corrected chi connectivity index (χ1v) is 7.82. The third-order valence-electron chi connectivity index (χ3n) is 3.12. The van der Waals surface area contributed by atoms with Crippen LogP contribution in [-0.2, 0) is 4.79 Å². The van der Waals surface area contributed by atoms with Gasteiger partial charge >= 0.3 is 5.97 Å². The minimum Gasteiger partial charge on any atom is -0.481 e. The zero-order valence-electron chi connectivity index (χ0n) is 10.9. The van der Waals surface area contributed by atoms with E-state index in [1.54, 1.807) is 0 Å². The molecule has 1 saturated heterocycles. The number of rotatable bonds is 6. The number of likely N-dealkylation sites (tertiary alicyclic amines) is 1. The molecule has 0 aromatic heterocycles. The smallest absolute Gasteiger partial charge is 0.303 e. The maximum atomic E-state index is 11.9. The molecule has 1 amide bonds. The van der Waals surface area contributed by atoms with Crippen molar-refractivity contribution in [3.8, 4) is 0 Å². The van der Waals surface area contributed by atoms with Crippen LogP contribution in [0.25, 0.3) is 0 Å². The van der Waals surface area contributed by atoms with E-state index < -0.39 is 5.97 Å². The van der Waals surface area contributed by atoms with Crippen molar-refractivity contribution in [2.75, 3.05) is 18.8 Å². The molecule has 0 atom stereocenters. The predicted octanol–water partition coefficient (Wildman–Crippen LogP) is 3.36. The van der Waals surface area contributed by atoms with Crippen molar-refractivity contribution < 1.29 is 14.7 Å². The molecule has 1 N–H and O–H groups in total. The number of carboxylic acid groups (broad SMARTS) is 1. The molecule has 0 saturated carbocycles. The fourth-order valence-corrected chi connectivity index (χ4v) is 2.95. The summed E-state index contributed by atoms with van der Waals surface area (Å²) in [6.45, 7) is 1.82. The van der Waals surface area contributed by atoms with Crippen molar-refractivity contribution >= 4 is 23.0 Å². The average molecular weight is 273 g/mol. The zero-order chi connectivity index (χ0) is 13.2. The van der Waals surface area contributed by atoms with Gasteiger partial charge in [0.05, 0.1) is 0 Å². The second-order valence-corrected chi connectivity index (χ2v) is 5.77. The molecular formula is C13H23NO3S. The zero-order valence-corrected chi connectivity index (χ0v) is 11.7. The largest absolute Gasteiger partial charge is 0.481 e. The van der Waals surface area contributed by atoms with Gasteiger partial charge in [0.25, 0.3) is 5.24 Å². The summed E-state index contributed by atoms with van der Waals surface area (Å²) in [7, 11) is 0. The maximum Gasteiger partial charge on any atom is 0.303 e. The molecule has 1 fully saturated rings. The van der Waals surface area contributed by atoms with Crippen molar-refractivity contribution in [1.82, 2.24) is 4.90 Å². The summed E-state index contributed by atoms with van der Waals surface area (Å²) in [5.74, 6) is 0.0814. The maximum absolute atomic E-state index is 11.9. The molecule has 5 heteroatoms. The van der Waals surface area contributed by atoms with Crippen LogP contribution in [0.5, 0.6) is 0 Å². The molecular weight excluding hydrogens is 250 g/mol. The summed E-state index contributed by atoms with van der Waals surface area (Å²) in [5.41, 5.74) is 0. The van der Waals surface area contributed by atoms with Crippen LogP contribution in [0.2, 0.25) is 0 Å². The standard InChI is InChI=1S/C13H23NO3S/c15-12(16)8-4-3-7-11-18-13(17)14-9-5-1-2-6-10-14/h1-11H2,(H,15,16). The van der Waals surface area contributed by atoms with Gasteiger partial charge in [-0.1, -0.05) is 31.0 Å². The Morgan fingerprint density at radius 3 is 2.28 bits per heavy atom. The number of nitrogens with zero attached hydrogens (tertiary/aromatic N) is 1. The van der Waals surface area contributed by atoms with Gasteiger partial charge in [0.15, 0.2) is 0 Å². The monoisotopic (exact) mass is 273 g/mol. The second kappa shape index (κ2) is 9.25. The van der Waals surface area contributed by atoms with Crippen LogP contribution in [0, 0.1) is 0 Å². The van der Waals surface area contributed by atoms with E-state index in [4.69, 9.17) is 5.11 Å². The van der Waals surface area contributed by atoms with Gasteiger partial charge in [0.1, 0.15) is 0 Å². The van der Waals surface area contributed by atoms with Crippen LogP contribution in [0.4, 0.5) is 4.79 Å². The molecule has 0 bridgehead atoms. The Morgan fingerprint density at radius 1 is 1.00 bits per heavy atom. The summed E-state index contributed by atoms with van der Waals surface area (Å²) in [6.07, 6.45) is 7.52. The Bertz CT molecular complexity index is 263. The highest BCUT2D eigenvalue weighted by Crippen LogP contribution is 2.17. The van der Waals surface area contributed by atoms with E-state index in [2.05, 4.69) is 0 Å². The lowest BCUT2D eigenvalue weighted by molar-refractivity contribution is -0.137. The van der Waals surface area contributed by atoms with E-state index >= 15 is 0 Å². The number of carbonyl (C=O) groups excluding carboxylic acids is 1. The normalized spacial score (nSPS) is 16.3. The molecule has 0 spiro atoms. The first-order valence-electron chi connectivity index (χ1n) is 6.83. The van der Waals surface area contributed by atoms with E-state index in [1.165, 1.54) is 24.6 Å². The average Bonchev–Trinajstić information content (AvgIpc) is 2.61. The summed E-state index contributed by atoms with van der Waals surface area (Å²) >= 11 is 1.39. The molecule has 104 valence electrons. The van der Waals surface area contributed by atoms with Crippen LogP contribution in [0.15, 0.2) is 0 Å². The van der Waals surface area contributed by atoms with Crippen LogP contribution in [-0.4, -0.2) is 40.1 Å². The summed E-state index contributed by atoms with van der Waals surface area (Å²) < 4.78 is 0. The Kier molecular flexibility index (Phi) is 7.89. The molecule has 0 radical (unpaired) electrons. The van der Waals surface area contributed by atoms with Crippen molar-refractivity contribution in [1.29, 1.82) is 0 Å². The van der Waals surface area contributed by atoms with Gasteiger partial charge in [0.2, 0.25) is 0 Å². The van der Waals surface area contributed by atoms with Gasteiger partial charge in [-0.2, -0.15) is 0 Å². The van der Waals surface area contributed by atoms with Gasteiger partial charge < -0.3 is 10.0 Å². The Morgan fingerprint density at radius 2 is 1.67 bits per heavy atom. The predicted molar refractivity (Wildman–Crippen MR) is 74.0 cm³/mol. The number of aliphatic carboxylic acids is 1. The second-order valence-electron chi connectivity index (χ2n) is 4.72. The first-order chi connectivity index (χ1) is 8.70. The number of carbonyl (C=O) groups is 2. The molecule has 4 nitrogen and oxygen atoms in total. The lowest BCUT2D eigenvalue weighted by Crippen LogP contribution is -2.28. The van der Waals surface area contributed by atoms with Gasteiger partial charge in [0, 0.05) is 25.3 Å². The lowest BCUT2D eigenvalue weighted by Gasteiger charge is -2.19. The number of thioether (sulfide) groups is 1. The van der Waals surface area contributed by atoms with Crippen LogP contribution >= 0.6 is 11.8 Å². The number of unbranched alkanes of at least 4 members (excludes halogenated alkanes) is 2. The van der Waals surface area contributed by atoms with Gasteiger partial charge in [-0.3, -0.25) is 9.59 Å². The van der Waals surface area contributed by atoms with Crippen LogP contribution < -0.4 is 0 Å². The number of amides is 1. The lowest BCUT2D eigenvalue weighted by atomic mass is 10.2. The van der Waals surface area contributed by atoms with E-state index in [0.717, 1.165) is 44.5 Å². The quantitative estimate of drug-likeness (QED) is 0.754. The molecule has 0 unspecified atom stereocenters. The molecule has 1 aliphatic heterocycles. The Balaban J connectivity index is 2.03. The Labute approximate surface area is 113 Å². The molecule has 1 rings (SSSR count). The first kappa shape index (κ1) is 15.3. The topological polar surface area (TPSA) is 57.6 Å². The van der Waals surface area contributed by atoms with E-state index in [1.807, 2.05) is 4.90 Å². The van der Waals surface area contributed by atoms with E-state index in [0.29, 0.717) is 6.42 Å². The molecule has 0 aliphatic carbocycles. The van der Waals surface area contributed by atoms with Crippen molar-refractivity contribution in [3.05, 3.63) is 0 Å². The molecule has 1 heterocycles. The van der Waals surface area contributed by atoms with Crippen molar-refractivity contribution in [2.24, 2.45) is 0 Å². The highest BCUT2D eigenvalue weighted by atomic mass is 32.2. The summed E-state index contributed by atoms with van der Waals surface area (Å²) in [4.78, 5) is 24.2. The fourth-order valence-electron chi connectivity index (χ4n) is 2.06. The molecule has 1 aliphatic rings. The van der Waals surface area contributed by atoms with E-state index in [-0.39, 0.29) is 11.7 Å². The fraction of sp³-hybridized carbons (Fsp3) is 0.846.